The first-order chi connectivity index (χ1) is 9.40. The van der Waals surface area contributed by atoms with Gasteiger partial charge in [0.25, 0.3) is 5.91 Å². The van der Waals surface area contributed by atoms with Gasteiger partial charge in [-0.25, -0.2) is 0 Å². The van der Waals surface area contributed by atoms with Gasteiger partial charge in [-0.15, -0.1) is 0 Å². The third-order valence-electron chi connectivity index (χ3n) is 4.17. The summed E-state index contributed by atoms with van der Waals surface area (Å²) in [4.78, 5) is 30.2. The van der Waals surface area contributed by atoms with Gasteiger partial charge >= 0.3 is 0 Å². The van der Waals surface area contributed by atoms with Gasteiger partial charge in [-0.2, -0.15) is 0 Å². The monoisotopic (exact) mass is 277 g/mol. The molecule has 110 valence electrons. The van der Waals surface area contributed by atoms with Crippen molar-refractivity contribution >= 4 is 5.91 Å². The standard InChI is InChI=1S/C15H23N3O2/c1-10(2)12-8-18(9-13(12)17(3)4)15(20)11-5-6-14(19)16-7-11/h5-7,10,12-13H,8-9H2,1-4H3,(H,16,19)/t12-,13+/m0/s1. The van der Waals surface area contributed by atoms with Crippen LogP contribution in [0.4, 0.5) is 0 Å². The van der Waals surface area contributed by atoms with Crippen molar-refractivity contribution in [1.82, 2.24) is 14.8 Å². The maximum atomic E-state index is 12.5. The fraction of sp³-hybridized carbons (Fsp3) is 0.600. The molecular formula is C15H23N3O2. The summed E-state index contributed by atoms with van der Waals surface area (Å²) < 4.78 is 0. The van der Waals surface area contributed by atoms with Crippen molar-refractivity contribution in [2.45, 2.75) is 19.9 Å². The molecule has 0 aliphatic carbocycles. The Bertz CT molecular complexity index is 500. The van der Waals surface area contributed by atoms with Crippen molar-refractivity contribution in [1.29, 1.82) is 0 Å². The number of amides is 1. The maximum absolute atomic E-state index is 12.5. The van der Waals surface area contributed by atoms with E-state index in [-0.39, 0.29) is 11.5 Å². The zero-order valence-electron chi connectivity index (χ0n) is 12.6. The molecule has 1 aliphatic heterocycles. The Kier molecular flexibility index (Phi) is 4.28. The molecule has 0 saturated carbocycles. The number of likely N-dealkylation sites (N-methyl/N-ethyl adjacent to an activating group) is 1. The van der Waals surface area contributed by atoms with Gasteiger partial charge in [0, 0.05) is 31.4 Å². The molecule has 0 bridgehead atoms. The van der Waals surface area contributed by atoms with Crippen LogP contribution < -0.4 is 5.56 Å². The fourth-order valence-corrected chi connectivity index (χ4v) is 2.91. The summed E-state index contributed by atoms with van der Waals surface area (Å²) in [5.41, 5.74) is 0.362. The second-order valence-electron chi connectivity index (χ2n) is 6.09. The number of rotatable bonds is 3. The molecule has 1 amide bonds. The molecule has 5 heteroatoms. The number of carbonyl (C=O) groups is 1. The van der Waals surface area contributed by atoms with Crippen molar-refractivity contribution in [3.05, 3.63) is 34.2 Å². The van der Waals surface area contributed by atoms with Gasteiger partial charge in [-0.05, 0) is 32.0 Å². The minimum Gasteiger partial charge on any atom is -0.337 e. The normalized spacial score (nSPS) is 22.8. The Balaban J connectivity index is 2.16. The summed E-state index contributed by atoms with van der Waals surface area (Å²) in [7, 11) is 4.13. The molecule has 0 spiro atoms. The highest BCUT2D eigenvalue weighted by Gasteiger charge is 2.38. The van der Waals surface area contributed by atoms with Crippen LogP contribution in [0.15, 0.2) is 23.1 Å². The number of aromatic amines is 1. The van der Waals surface area contributed by atoms with Gasteiger partial charge in [-0.1, -0.05) is 13.8 Å². The molecular weight excluding hydrogens is 254 g/mol. The average Bonchev–Trinajstić information content (AvgIpc) is 2.84. The molecule has 5 nitrogen and oxygen atoms in total. The molecule has 0 unspecified atom stereocenters. The molecule has 1 saturated heterocycles. The van der Waals surface area contributed by atoms with E-state index in [4.69, 9.17) is 0 Å². The Morgan fingerprint density at radius 2 is 2.05 bits per heavy atom. The van der Waals surface area contributed by atoms with Crippen molar-refractivity contribution in [2.24, 2.45) is 11.8 Å². The van der Waals surface area contributed by atoms with Gasteiger partial charge < -0.3 is 14.8 Å². The molecule has 0 radical (unpaired) electrons. The molecule has 1 aromatic rings. The van der Waals surface area contributed by atoms with Crippen molar-refractivity contribution in [2.75, 3.05) is 27.2 Å². The number of carbonyl (C=O) groups excluding carboxylic acids is 1. The van der Waals surface area contributed by atoms with Crippen LogP contribution in [0, 0.1) is 11.8 Å². The number of nitrogens with one attached hydrogen (secondary N) is 1. The minimum absolute atomic E-state index is 0.00347. The lowest BCUT2D eigenvalue weighted by molar-refractivity contribution is 0.0779. The number of hydrogen-bond acceptors (Lipinski definition) is 3. The highest BCUT2D eigenvalue weighted by molar-refractivity contribution is 5.94. The highest BCUT2D eigenvalue weighted by atomic mass is 16.2. The lowest BCUT2D eigenvalue weighted by Gasteiger charge is -2.27. The van der Waals surface area contributed by atoms with Crippen molar-refractivity contribution in [3.8, 4) is 0 Å². The fourth-order valence-electron chi connectivity index (χ4n) is 2.91. The first-order valence-corrected chi connectivity index (χ1v) is 7.04. The topological polar surface area (TPSA) is 56.4 Å². The van der Waals surface area contributed by atoms with E-state index in [0.29, 0.717) is 23.4 Å². The van der Waals surface area contributed by atoms with E-state index in [0.717, 1.165) is 13.1 Å². The van der Waals surface area contributed by atoms with Gasteiger partial charge in [0.15, 0.2) is 0 Å². The zero-order valence-corrected chi connectivity index (χ0v) is 12.6. The molecule has 2 rings (SSSR count). The largest absolute Gasteiger partial charge is 0.337 e. The van der Waals surface area contributed by atoms with E-state index < -0.39 is 0 Å². The Morgan fingerprint density at radius 3 is 2.50 bits per heavy atom. The Hall–Kier alpha value is -1.62. The molecule has 20 heavy (non-hydrogen) atoms. The van der Waals surface area contributed by atoms with Crippen LogP contribution in [0.1, 0.15) is 24.2 Å². The number of H-pyrrole nitrogens is 1. The number of pyridine rings is 1. The van der Waals surface area contributed by atoms with E-state index in [2.05, 4.69) is 37.8 Å². The van der Waals surface area contributed by atoms with E-state index in [1.165, 1.54) is 12.3 Å². The number of aromatic nitrogens is 1. The second kappa shape index (κ2) is 5.79. The first-order valence-electron chi connectivity index (χ1n) is 7.04. The summed E-state index contributed by atoms with van der Waals surface area (Å²) in [6.45, 7) is 5.93. The van der Waals surface area contributed by atoms with Crippen LogP contribution in [0.5, 0.6) is 0 Å². The van der Waals surface area contributed by atoms with Crippen LogP contribution in [0.25, 0.3) is 0 Å². The van der Waals surface area contributed by atoms with Crippen molar-refractivity contribution in [3.63, 3.8) is 0 Å². The summed E-state index contributed by atoms with van der Waals surface area (Å²) in [5, 5.41) is 0. The predicted molar refractivity (Wildman–Crippen MR) is 78.8 cm³/mol. The molecule has 1 fully saturated rings. The maximum Gasteiger partial charge on any atom is 0.255 e. The lowest BCUT2D eigenvalue weighted by Crippen LogP contribution is -2.37. The van der Waals surface area contributed by atoms with E-state index in [1.807, 2.05) is 4.90 Å². The molecule has 1 N–H and O–H groups in total. The number of hydrogen-bond donors (Lipinski definition) is 1. The van der Waals surface area contributed by atoms with E-state index in [1.54, 1.807) is 6.07 Å². The number of nitrogens with zero attached hydrogens (tertiary/aromatic N) is 2. The predicted octanol–water partition coefficient (Wildman–Crippen LogP) is 1.03. The zero-order chi connectivity index (χ0) is 14.9. The third kappa shape index (κ3) is 2.93. The molecule has 2 atom stereocenters. The summed E-state index contributed by atoms with van der Waals surface area (Å²) in [6.07, 6.45) is 1.50. The average molecular weight is 277 g/mol. The quantitative estimate of drug-likeness (QED) is 0.898. The van der Waals surface area contributed by atoms with Crippen molar-refractivity contribution < 1.29 is 4.79 Å². The first kappa shape index (κ1) is 14.8. The second-order valence-corrected chi connectivity index (χ2v) is 6.09. The van der Waals surface area contributed by atoms with Crippen LogP contribution >= 0.6 is 0 Å². The lowest BCUT2D eigenvalue weighted by atomic mass is 9.91. The molecule has 0 aromatic carbocycles. The van der Waals surface area contributed by atoms with Crippen LogP contribution in [-0.4, -0.2) is 53.9 Å². The SMILES string of the molecule is CC(C)[C@@H]1CN(C(=O)c2ccc(=O)[nH]c2)C[C@H]1N(C)C. The van der Waals surface area contributed by atoms with Crippen LogP contribution in [0.2, 0.25) is 0 Å². The number of likely N-dealkylation sites (tertiary alicyclic amines) is 1. The van der Waals surface area contributed by atoms with E-state index in [9.17, 15) is 9.59 Å². The van der Waals surface area contributed by atoms with Gasteiger partial charge in [0.1, 0.15) is 0 Å². The summed E-state index contributed by atoms with van der Waals surface area (Å²) in [5.74, 6) is 1.02. The van der Waals surface area contributed by atoms with Gasteiger partial charge in [0.05, 0.1) is 5.56 Å². The van der Waals surface area contributed by atoms with Crippen LogP contribution in [0.3, 0.4) is 0 Å². The highest BCUT2D eigenvalue weighted by Crippen LogP contribution is 2.28. The summed E-state index contributed by atoms with van der Waals surface area (Å²) in [6, 6.07) is 3.38. The third-order valence-corrected chi connectivity index (χ3v) is 4.17. The van der Waals surface area contributed by atoms with Gasteiger partial charge in [0.2, 0.25) is 5.56 Å². The van der Waals surface area contributed by atoms with Gasteiger partial charge in [-0.3, -0.25) is 9.59 Å². The summed E-state index contributed by atoms with van der Waals surface area (Å²) >= 11 is 0. The molecule has 1 aromatic heterocycles. The van der Waals surface area contributed by atoms with E-state index >= 15 is 0 Å². The molecule has 1 aliphatic rings. The minimum atomic E-state index is -0.186. The Morgan fingerprint density at radius 1 is 1.35 bits per heavy atom. The molecule has 2 heterocycles. The van der Waals surface area contributed by atoms with Crippen LogP contribution in [-0.2, 0) is 0 Å². The smallest absolute Gasteiger partial charge is 0.255 e. The Labute approximate surface area is 119 Å².